The highest BCUT2D eigenvalue weighted by Gasteiger charge is 2.18. The maximum absolute atomic E-state index is 13.4. The van der Waals surface area contributed by atoms with Gasteiger partial charge in [0.1, 0.15) is 17.3 Å². The van der Waals surface area contributed by atoms with Gasteiger partial charge in [-0.3, -0.25) is 14.4 Å². The van der Waals surface area contributed by atoms with Crippen molar-refractivity contribution >= 4 is 58.5 Å². The fraction of sp³-hybridized carbons (Fsp3) is 0.0938. The monoisotopic (exact) mass is 603 g/mol. The molecule has 4 rings (SSSR count). The third kappa shape index (κ3) is 8.45. The molecule has 0 heterocycles. The molecule has 0 radical (unpaired) electrons. The lowest BCUT2D eigenvalue weighted by atomic mass is 10.1. The Morgan fingerprint density at radius 2 is 1.62 bits per heavy atom. The molecule has 0 bridgehead atoms. The van der Waals surface area contributed by atoms with Crippen molar-refractivity contribution in [2.24, 2.45) is 0 Å². The number of amides is 3. The van der Waals surface area contributed by atoms with Gasteiger partial charge in [0.2, 0.25) is 5.91 Å². The summed E-state index contributed by atoms with van der Waals surface area (Å²) >= 11 is 7.08. The summed E-state index contributed by atoms with van der Waals surface area (Å²) in [5, 5.41) is 7.65. The Bertz CT molecular complexity index is 1630. The molecule has 3 N–H and O–H groups in total. The normalized spacial score (nSPS) is 11.8. The number of carbonyl (C=O) groups excluding carboxylic acids is 3. The Morgan fingerprint density at radius 1 is 0.881 bits per heavy atom. The number of nitrogens with one attached hydrogen (secondary N) is 3. The number of hydrogen-bond donors (Lipinski definition) is 3. The van der Waals surface area contributed by atoms with Crippen LogP contribution in [-0.4, -0.2) is 30.1 Å². The van der Waals surface area contributed by atoms with E-state index in [1.165, 1.54) is 30.0 Å². The minimum absolute atomic E-state index is 0.0286. The van der Waals surface area contributed by atoms with Crippen LogP contribution in [0.1, 0.15) is 22.8 Å². The molecule has 214 valence electrons. The molecule has 0 saturated heterocycles. The predicted molar refractivity (Wildman–Crippen MR) is 165 cm³/mol. The molecule has 42 heavy (non-hydrogen) atoms. The van der Waals surface area contributed by atoms with Crippen LogP contribution < -0.4 is 20.7 Å². The van der Waals surface area contributed by atoms with Crippen LogP contribution in [0, 0.1) is 5.82 Å². The van der Waals surface area contributed by atoms with Crippen molar-refractivity contribution < 1.29 is 23.5 Å². The van der Waals surface area contributed by atoms with Gasteiger partial charge in [-0.25, -0.2) is 4.39 Å². The number of ether oxygens (including phenoxy) is 1. The van der Waals surface area contributed by atoms with Crippen molar-refractivity contribution in [2.75, 3.05) is 17.7 Å². The summed E-state index contributed by atoms with van der Waals surface area (Å²) < 4.78 is 18.7. The summed E-state index contributed by atoms with van der Waals surface area (Å²) in [6.07, 6.45) is 1.56. The highest BCUT2D eigenvalue weighted by Crippen LogP contribution is 2.28. The van der Waals surface area contributed by atoms with Crippen LogP contribution in [0.25, 0.3) is 6.08 Å². The fourth-order valence-corrected chi connectivity index (χ4v) is 4.87. The predicted octanol–water partition coefficient (Wildman–Crippen LogP) is 7.02. The second-order valence-corrected chi connectivity index (χ2v) is 10.8. The van der Waals surface area contributed by atoms with E-state index < -0.39 is 22.9 Å². The first-order chi connectivity index (χ1) is 20.2. The Kier molecular flexibility index (Phi) is 10.4. The van der Waals surface area contributed by atoms with Gasteiger partial charge < -0.3 is 20.7 Å². The number of benzene rings is 4. The molecule has 0 aliphatic carbocycles. The van der Waals surface area contributed by atoms with E-state index in [4.69, 9.17) is 16.3 Å². The van der Waals surface area contributed by atoms with Gasteiger partial charge >= 0.3 is 0 Å². The average Bonchev–Trinajstić information content (AvgIpc) is 2.99. The van der Waals surface area contributed by atoms with Crippen molar-refractivity contribution in [1.82, 2.24) is 5.32 Å². The number of carbonyl (C=O) groups is 3. The van der Waals surface area contributed by atoms with Crippen molar-refractivity contribution in [3.8, 4) is 5.75 Å². The second-order valence-electron chi connectivity index (χ2n) is 9.01. The summed E-state index contributed by atoms with van der Waals surface area (Å²) in [6, 6.07) is 26.6. The lowest BCUT2D eigenvalue weighted by molar-refractivity contribution is -0.115. The van der Waals surface area contributed by atoms with Crippen molar-refractivity contribution in [3.05, 3.63) is 125 Å². The zero-order valence-corrected chi connectivity index (χ0v) is 24.3. The molecule has 4 aromatic rings. The van der Waals surface area contributed by atoms with E-state index >= 15 is 0 Å². The van der Waals surface area contributed by atoms with E-state index in [0.29, 0.717) is 28.3 Å². The SMILES string of the molecule is COc1cccc(/C=C(\NC(=O)c2ccccc2)C(=O)Nc2cccc(SC(C)C(=O)Nc3ccc(F)c(Cl)c3)c2)c1. The van der Waals surface area contributed by atoms with Gasteiger partial charge in [0, 0.05) is 21.8 Å². The minimum atomic E-state index is -0.572. The Labute approximate surface area is 252 Å². The van der Waals surface area contributed by atoms with Crippen molar-refractivity contribution in [3.63, 3.8) is 0 Å². The van der Waals surface area contributed by atoms with Gasteiger partial charge in [-0.2, -0.15) is 0 Å². The smallest absolute Gasteiger partial charge is 0.272 e. The molecule has 7 nitrogen and oxygen atoms in total. The molecule has 3 amide bonds. The number of rotatable bonds is 10. The summed E-state index contributed by atoms with van der Waals surface area (Å²) in [6.45, 7) is 1.73. The maximum Gasteiger partial charge on any atom is 0.272 e. The number of methoxy groups -OCH3 is 1. The van der Waals surface area contributed by atoms with E-state index in [9.17, 15) is 18.8 Å². The first-order valence-corrected chi connectivity index (χ1v) is 14.0. The first-order valence-electron chi connectivity index (χ1n) is 12.8. The number of anilines is 2. The summed E-state index contributed by atoms with van der Waals surface area (Å²) in [5.41, 5.74) is 1.93. The third-order valence-corrected chi connectivity index (χ3v) is 7.28. The standard InChI is InChI=1S/C32H27ClFN3O4S/c1-20(30(38)35-24-14-15-28(34)27(33)19-24)42-26-13-7-11-23(18-26)36-32(40)29(17-21-8-6-12-25(16-21)41-2)37-31(39)22-9-4-3-5-10-22/h3-20H,1-2H3,(H,35,38)(H,36,40)(H,37,39)/b29-17-. The summed E-state index contributed by atoms with van der Waals surface area (Å²) in [4.78, 5) is 39.7. The van der Waals surface area contributed by atoms with Gasteiger partial charge in [0.05, 0.1) is 17.4 Å². The lowest BCUT2D eigenvalue weighted by Crippen LogP contribution is -2.30. The van der Waals surface area contributed by atoms with Crippen LogP contribution >= 0.6 is 23.4 Å². The molecular formula is C32H27ClFN3O4S. The Hall–Kier alpha value is -4.60. The molecule has 10 heteroatoms. The van der Waals surface area contributed by atoms with E-state index in [-0.39, 0.29) is 16.6 Å². The van der Waals surface area contributed by atoms with Crippen LogP contribution in [0.5, 0.6) is 5.75 Å². The maximum atomic E-state index is 13.4. The Morgan fingerprint density at radius 3 is 2.36 bits per heavy atom. The minimum Gasteiger partial charge on any atom is -0.497 e. The van der Waals surface area contributed by atoms with Gasteiger partial charge in [-0.05, 0) is 79.2 Å². The van der Waals surface area contributed by atoms with Gasteiger partial charge in [-0.15, -0.1) is 11.8 Å². The number of halogens is 2. The zero-order valence-electron chi connectivity index (χ0n) is 22.7. The topological polar surface area (TPSA) is 96.5 Å². The van der Waals surface area contributed by atoms with E-state index in [1.54, 1.807) is 92.9 Å². The third-order valence-electron chi connectivity index (χ3n) is 5.89. The second kappa shape index (κ2) is 14.3. The largest absolute Gasteiger partial charge is 0.497 e. The number of thioether (sulfide) groups is 1. The molecule has 0 fully saturated rings. The molecule has 0 aliphatic rings. The molecule has 0 aromatic heterocycles. The highest BCUT2D eigenvalue weighted by molar-refractivity contribution is 8.00. The molecule has 4 aromatic carbocycles. The van der Waals surface area contributed by atoms with Crippen molar-refractivity contribution in [2.45, 2.75) is 17.1 Å². The fourth-order valence-electron chi connectivity index (χ4n) is 3.76. The quantitative estimate of drug-likeness (QED) is 0.134. The van der Waals surface area contributed by atoms with Crippen LogP contribution in [0.3, 0.4) is 0 Å². The molecule has 0 aliphatic heterocycles. The lowest BCUT2D eigenvalue weighted by Gasteiger charge is -2.14. The highest BCUT2D eigenvalue weighted by atomic mass is 35.5. The van der Waals surface area contributed by atoms with Crippen LogP contribution in [-0.2, 0) is 9.59 Å². The van der Waals surface area contributed by atoms with Gasteiger partial charge in [0.25, 0.3) is 11.8 Å². The molecule has 0 spiro atoms. The van der Waals surface area contributed by atoms with Crippen LogP contribution in [0.4, 0.5) is 15.8 Å². The average molecular weight is 604 g/mol. The Balaban J connectivity index is 1.49. The molecule has 1 atom stereocenters. The molecular weight excluding hydrogens is 577 g/mol. The van der Waals surface area contributed by atoms with Crippen LogP contribution in [0.2, 0.25) is 5.02 Å². The van der Waals surface area contributed by atoms with E-state index in [2.05, 4.69) is 16.0 Å². The summed E-state index contributed by atoms with van der Waals surface area (Å²) in [7, 11) is 1.54. The van der Waals surface area contributed by atoms with E-state index in [0.717, 1.165) is 4.90 Å². The van der Waals surface area contributed by atoms with Gasteiger partial charge in [0.15, 0.2) is 0 Å². The molecule has 1 unspecified atom stereocenters. The van der Waals surface area contributed by atoms with Crippen molar-refractivity contribution in [1.29, 1.82) is 0 Å². The van der Waals surface area contributed by atoms with Gasteiger partial charge in [-0.1, -0.05) is 48.0 Å². The summed E-state index contributed by atoms with van der Waals surface area (Å²) in [5.74, 6) is -1.25. The molecule has 0 saturated carbocycles. The van der Waals surface area contributed by atoms with Crippen LogP contribution in [0.15, 0.2) is 108 Å². The number of hydrogen-bond acceptors (Lipinski definition) is 5. The first kappa shape index (κ1) is 30.4. The van der Waals surface area contributed by atoms with E-state index in [1.807, 2.05) is 6.07 Å². The zero-order chi connectivity index (χ0) is 30.1.